The molecular formula is C10H11N2O4-. The second-order valence-corrected chi connectivity index (χ2v) is 2.94. The van der Waals surface area contributed by atoms with E-state index in [9.17, 15) is 14.7 Å². The molecule has 6 nitrogen and oxygen atoms in total. The van der Waals surface area contributed by atoms with Crippen LogP contribution in [0.1, 0.15) is 20.8 Å². The summed E-state index contributed by atoms with van der Waals surface area (Å²) in [6, 6.07) is 2.86. The maximum Gasteiger partial charge on any atom is 0.253 e. The first-order valence-corrected chi connectivity index (χ1v) is 4.60. The predicted octanol–water partition coefficient (Wildman–Crippen LogP) is -1.18. The molecule has 0 unspecified atom stereocenters. The average Bonchev–Trinajstić information content (AvgIpc) is 2.29. The van der Waals surface area contributed by atoms with E-state index in [-0.39, 0.29) is 11.3 Å². The first kappa shape index (κ1) is 12.1. The van der Waals surface area contributed by atoms with E-state index in [1.165, 1.54) is 25.4 Å². The van der Waals surface area contributed by atoms with Gasteiger partial charge < -0.3 is 20.0 Å². The van der Waals surface area contributed by atoms with Crippen molar-refractivity contribution >= 4 is 11.9 Å². The summed E-state index contributed by atoms with van der Waals surface area (Å²) in [4.78, 5) is 25.8. The fourth-order valence-corrected chi connectivity index (χ4v) is 1.11. The molecule has 0 saturated carbocycles. The number of aromatic nitrogens is 1. The number of aromatic carboxylic acids is 1. The molecule has 0 aliphatic rings. The van der Waals surface area contributed by atoms with Gasteiger partial charge in [0.1, 0.15) is 0 Å². The molecule has 0 aromatic carbocycles. The van der Waals surface area contributed by atoms with Crippen molar-refractivity contribution < 1.29 is 19.4 Å². The number of carboxylic acid groups (broad SMARTS) is 1. The van der Waals surface area contributed by atoms with E-state index < -0.39 is 11.9 Å². The molecule has 0 radical (unpaired) electrons. The summed E-state index contributed by atoms with van der Waals surface area (Å²) in [5, 5.41) is 13.2. The Bertz CT molecular complexity index is 392. The van der Waals surface area contributed by atoms with Crippen molar-refractivity contribution in [2.75, 3.05) is 20.3 Å². The second kappa shape index (κ2) is 5.82. The lowest BCUT2D eigenvalue weighted by atomic mass is 10.2. The predicted molar refractivity (Wildman–Crippen MR) is 52.8 cm³/mol. The fourth-order valence-electron chi connectivity index (χ4n) is 1.11. The molecular weight excluding hydrogens is 212 g/mol. The Morgan fingerprint density at radius 3 is 2.94 bits per heavy atom. The topological polar surface area (TPSA) is 91.3 Å². The number of methoxy groups -OCH3 is 1. The molecule has 1 heterocycles. The van der Waals surface area contributed by atoms with Gasteiger partial charge in [-0.15, -0.1) is 0 Å². The van der Waals surface area contributed by atoms with Crippen molar-refractivity contribution in [2.24, 2.45) is 0 Å². The molecule has 0 bridgehead atoms. The van der Waals surface area contributed by atoms with Crippen LogP contribution in [-0.2, 0) is 4.74 Å². The summed E-state index contributed by atoms with van der Waals surface area (Å²) >= 11 is 0. The summed E-state index contributed by atoms with van der Waals surface area (Å²) in [7, 11) is 1.50. The molecule has 1 N–H and O–H groups in total. The van der Waals surface area contributed by atoms with Crippen molar-refractivity contribution in [2.45, 2.75) is 0 Å². The molecule has 1 amide bonds. The molecule has 0 atom stereocenters. The standard InChI is InChI=1S/C10H12N2O4/c1-16-6-5-12-9(13)7-3-2-4-11-8(7)10(14)15/h2-4H,5-6H2,1H3,(H,12,13)(H,14,15)/p-1. The maximum absolute atomic E-state index is 11.5. The Morgan fingerprint density at radius 2 is 2.31 bits per heavy atom. The number of carboxylic acids is 1. The zero-order valence-electron chi connectivity index (χ0n) is 8.73. The van der Waals surface area contributed by atoms with Gasteiger partial charge in [0.2, 0.25) is 0 Å². The molecule has 0 fully saturated rings. The van der Waals surface area contributed by atoms with Crippen LogP contribution in [0.4, 0.5) is 0 Å². The Balaban J connectivity index is 2.78. The molecule has 0 aliphatic carbocycles. The minimum atomic E-state index is -1.47. The number of nitrogens with one attached hydrogen (secondary N) is 1. The number of hydrogen-bond acceptors (Lipinski definition) is 5. The zero-order chi connectivity index (χ0) is 12.0. The van der Waals surface area contributed by atoms with E-state index >= 15 is 0 Å². The van der Waals surface area contributed by atoms with E-state index in [1.54, 1.807) is 0 Å². The lowest BCUT2D eigenvalue weighted by Crippen LogP contribution is -2.32. The number of ether oxygens (including phenoxy) is 1. The maximum atomic E-state index is 11.5. The van der Waals surface area contributed by atoms with E-state index in [0.29, 0.717) is 13.2 Å². The lowest BCUT2D eigenvalue weighted by molar-refractivity contribution is -0.255. The van der Waals surface area contributed by atoms with Crippen molar-refractivity contribution in [1.29, 1.82) is 0 Å². The smallest absolute Gasteiger partial charge is 0.253 e. The van der Waals surface area contributed by atoms with Crippen molar-refractivity contribution in [3.8, 4) is 0 Å². The van der Waals surface area contributed by atoms with Crippen molar-refractivity contribution in [3.05, 3.63) is 29.6 Å². The van der Waals surface area contributed by atoms with Gasteiger partial charge in [-0.2, -0.15) is 0 Å². The third-order valence-corrected chi connectivity index (χ3v) is 1.84. The van der Waals surface area contributed by atoms with Crippen LogP contribution >= 0.6 is 0 Å². The highest BCUT2D eigenvalue weighted by Gasteiger charge is 2.11. The number of amides is 1. The van der Waals surface area contributed by atoms with Gasteiger partial charge >= 0.3 is 0 Å². The SMILES string of the molecule is COCCNC(=O)c1cccnc1C(=O)[O-]. The first-order chi connectivity index (χ1) is 7.66. The van der Waals surface area contributed by atoms with E-state index in [0.717, 1.165) is 0 Å². The van der Waals surface area contributed by atoms with Gasteiger partial charge in [-0.1, -0.05) is 0 Å². The molecule has 1 rings (SSSR count). The van der Waals surface area contributed by atoms with Gasteiger partial charge in [-0.05, 0) is 12.1 Å². The van der Waals surface area contributed by atoms with Crippen LogP contribution in [0, 0.1) is 0 Å². The molecule has 1 aromatic rings. The highest BCUT2D eigenvalue weighted by molar-refractivity contribution is 6.02. The highest BCUT2D eigenvalue weighted by atomic mass is 16.5. The van der Waals surface area contributed by atoms with Crippen LogP contribution in [0.2, 0.25) is 0 Å². The highest BCUT2D eigenvalue weighted by Crippen LogP contribution is 2.03. The normalized spacial score (nSPS) is 9.81. The Hall–Kier alpha value is -1.95. The molecule has 1 aromatic heterocycles. The number of carbonyl (C=O) groups is 2. The number of rotatable bonds is 5. The van der Waals surface area contributed by atoms with Crippen LogP contribution in [-0.4, -0.2) is 37.1 Å². The number of pyridine rings is 1. The van der Waals surface area contributed by atoms with Gasteiger partial charge in [0.05, 0.1) is 23.8 Å². The van der Waals surface area contributed by atoms with Crippen molar-refractivity contribution in [3.63, 3.8) is 0 Å². The second-order valence-electron chi connectivity index (χ2n) is 2.94. The van der Waals surface area contributed by atoms with Crippen LogP contribution in [0.25, 0.3) is 0 Å². The third kappa shape index (κ3) is 3.03. The summed E-state index contributed by atoms with van der Waals surface area (Å²) in [6.07, 6.45) is 1.29. The Kier molecular flexibility index (Phi) is 4.41. The minimum Gasteiger partial charge on any atom is -0.543 e. The number of carbonyl (C=O) groups excluding carboxylic acids is 2. The van der Waals surface area contributed by atoms with Gasteiger partial charge in [-0.25, -0.2) is 0 Å². The van der Waals surface area contributed by atoms with Crippen LogP contribution < -0.4 is 10.4 Å². The van der Waals surface area contributed by atoms with Crippen LogP contribution in [0.15, 0.2) is 18.3 Å². The summed E-state index contributed by atoms with van der Waals surface area (Å²) in [6.45, 7) is 0.656. The molecule has 0 spiro atoms. The fraction of sp³-hybridized carbons (Fsp3) is 0.300. The number of nitrogens with zero attached hydrogens (tertiary/aromatic N) is 1. The number of hydrogen-bond donors (Lipinski definition) is 1. The minimum absolute atomic E-state index is 0.0152. The van der Waals surface area contributed by atoms with Gasteiger partial charge in [-0.3, -0.25) is 9.78 Å². The molecule has 0 aliphatic heterocycles. The van der Waals surface area contributed by atoms with Gasteiger partial charge in [0, 0.05) is 19.9 Å². The van der Waals surface area contributed by atoms with Crippen molar-refractivity contribution in [1.82, 2.24) is 10.3 Å². The average molecular weight is 223 g/mol. The lowest BCUT2D eigenvalue weighted by Gasteiger charge is -2.09. The summed E-state index contributed by atoms with van der Waals surface area (Å²) < 4.78 is 4.75. The molecule has 0 saturated heterocycles. The Labute approximate surface area is 92.3 Å². The van der Waals surface area contributed by atoms with Crippen LogP contribution in [0.3, 0.4) is 0 Å². The van der Waals surface area contributed by atoms with Crippen LogP contribution in [0.5, 0.6) is 0 Å². The largest absolute Gasteiger partial charge is 0.543 e. The molecule has 86 valence electrons. The van der Waals surface area contributed by atoms with Gasteiger partial charge in [0.25, 0.3) is 5.91 Å². The Morgan fingerprint density at radius 1 is 1.56 bits per heavy atom. The monoisotopic (exact) mass is 223 g/mol. The van der Waals surface area contributed by atoms with E-state index in [4.69, 9.17) is 4.74 Å². The third-order valence-electron chi connectivity index (χ3n) is 1.84. The molecule has 16 heavy (non-hydrogen) atoms. The van der Waals surface area contributed by atoms with E-state index in [2.05, 4.69) is 10.3 Å². The molecule has 6 heteroatoms. The quantitative estimate of drug-likeness (QED) is 0.634. The summed E-state index contributed by atoms with van der Waals surface area (Å²) in [5.41, 5.74) is -0.379. The zero-order valence-corrected chi connectivity index (χ0v) is 8.73. The van der Waals surface area contributed by atoms with Gasteiger partial charge in [0.15, 0.2) is 0 Å². The van der Waals surface area contributed by atoms with E-state index in [1.807, 2.05) is 0 Å². The first-order valence-electron chi connectivity index (χ1n) is 4.60. The summed E-state index contributed by atoms with van der Waals surface area (Å²) in [5.74, 6) is -1.98.